The summed E-state index contributed by atoms with van der Waals surface area (Å²) in [6, 6.07) is 0. The summed E-state index contributed by atoms with van der Waals surface area (Å²) in [7, 11) is 0. The average Bonchev–Trinajstić information content (AvgIpc) is 2.88. The summed E-state index contributed by atoms with van der Waals surface area (Å²) in [6.45, 7) is 0. The van der Waals surface area contributed by atoms with Crippen LogP contribution in [0.4, 0.5) is 43.9 Å². The van der Waals surface area contributed by atoms with Gasteiger partial charge in [-0.25, -0.2) is 26.3 Å². The van der Waals surface area contributed by atoms with Gasteiger partial charge in [0.1, 0.15) is 0 Å². The summed E-state index contributed by atoms with van der Waals surface area (Å²) in [6.07, 6.45) is -0.0281. The minimum Gasteiger partial charge on any atom is -0.420 e. The Balaban J connectivity index is 1.47. The lowest BCUT2D eigenvalue weighted by Gasteiger charge is -2.59. The van der Waals surface area contributed by atoms with Gasteiger partial charge in [0.15, 0.2) is 0 Å². The van der Waals surface area contributed by atoms with Crippen molar-refractivity contribution in [3.63, 3.8) is 0 Å². The Labute approximate surface area is 206 Å². The molecule has 4 aliphatic carbocycles. The molecule has 4 fully saturated rings. The third-order valence-corrected chi connectivity index (χ3v) is 7.66. The molecular weight excluding hydrogens is 542 g/mol. The lowest BCUT2D eigenvalue weighted by atomic mass is 9.44. The minimum absolute atomic E-state index is 0.00468. The fourth-order valence-corrected chi connectivity index (χ4v) is 6.49. The zero-order valence-electron chi connectivity index (χ0n) is 18.8. The van der Waals surface area contributed by atoms with E-state index in [1.54, 1.807) is 0 Å². The highest BCUT2D eigenvalue weighted by molar-refractivity contribution is 5.85. The van der Waals surface area contributed by atoms with Crippen LogP contribution in [-0.2, 0) is 9.59 Å². The van der Waals surface area contributed by atoms with Crippen LogP contribution in [0.1, 0.15) is 38.5 Å². The van der Waals surface area contributed by atoms with Gasteiger partial charge in [0, 0.05) is 0 Å². The van der Waals surface area contributed by atoms with E-state index in [4.69, 9.17) is 0 Å². The molecular formula is C24H14F10O4. The van der Waals surface area contributed by atoms with Crippen LogP contribution in [0.15, 0.2) is 0 Å². The summed E-state index contributed by atoms with van der Waals surface area (Å²) < 4.78 is 147. The number of ether oxygens (including phenoxy) is 2. The number of hydrogen-bond acceptors (Lipinski definition) is 4. The predicted molar refractivity (Wildman–Crippen MR) is 103 cm³/mol. The van der Waals surface area contributed by atoms with Crippen LogP contribution >= 0.6 is 0 Å². The molecule has 0 atom stereocenters. The monoisotopic (exact) mass is 556 g/mol. The molecule has 2 aromatic carbocycles. The first-order valence-corrected chi connectivity index (χ1v) is 11.2. The fourth-order valence-electron chi connectivity index (χ4n) is 6.49. The number of hydrogen-bond donors (Lipinski definition) is 0. The molecule has 0 heterocycles. The van der Waals surface area contributed by atoms with Crippen LogP contribution in [0.3, 0.4) is 0 Å². The van der Waals surface area contributed by atoms with Crippen molar-refractivity contribution in [2.24, 2.45) is 22.7 Å². The molecule has 0 radical (unpaired) electrons. The predicted octanol–water partition coefficient (Wildman–Crippen LogP) is 6.18. The minimum atomic E-state index is -2.47. The Morgan fingerprint density at radius 1 is 0.500 bits per heavy atom. The molecule has 0 aliphatic heterocycles. The maximum Gasteiger partial charge on any atom is 0.317 e. The summed E-state index contributed by atoms with van der Waals surface area (Å²) >= 11 is 0. The van der Waals surface area contributed by atoms with Gasteiger partial charge in [-0.1, -0.05) is 0 Å². The Morgan fingerprint density at radius 3 is 1.05 bits per heavy atom. The van der Waals surface area contributed by atoms with Gasteiger partial charge in [-0.05, 0) is 50.4 Å². The highest BCUT2D eigenvalue weighted by Gasteiger charge is 2.65. The van der Waals surface area contributed by atoms with Crippen LogP contribution < -0.4 is 9.47 Å². The van der Waals surface area contributed by atoms with Gasteiger partial charge >= 0.3 is 11.9 Å². The van der Waals surface area contributed by atoms with Gasteiger partial charge in [0.2, 0.25) is 69.7 Å². The van der Waals surface area contributed by atoms with Gasteiger partial charge in [-0.15, -0.1) is 0 Å². The largest absolute Gasteiger partial charge is 0.420 e. The second kappa shape index (κ2) is 8.60. The van der Waals surface area contributed by atoms with Crippen molar-refractivity contribution in [2.75, 3.05) is 0 Å². The van der Waals surface area contributed by atoms with E-state index in [-0.39, 0.29) is 25.7 Å². The summed E-state index contributed by atoms with van der Waals surface area (Å²) in [4.78, 5) is 26.3. The molecule has 0 saturated heterocycles. The molecule has 204 valence electrons. The van der Waals surface area contributed by atoms with E-state index < -0.39 is 111 Å². The van der Waals surface area contributed by atoms with Crippen molar-refractivity contribution in [1.82, 2.24) is 0 Å². The van der Waals surface area contributed by atoms with E-state index in [0.717, 1.165) is 0 Å². The highest BCUT2D eigenvalue weighted by atomic mass is 19.2. The first kappa shape index (κ1) is 26.3. The standard InChI is InChI=1S/C24H14F10O4/c25-9-11(27)15(31)19(16(32)12(9)28)37-21(35)23-2-7-1-8(4-23)5-24(3-7,6-23)22(36)38-20-17(33)13(29)10(26)14(30)18(20)34/h7-8H,1-6H2. The lowest BCUT2D eigenvalue weighted by Crippen LogP contribution is -2.59. The molecule has 4 bridgehead atoms. The van der Waals surface area contributed by atoms with Crippen LogP contribution in [0.5, 0.6) is 11.5 Å². The number of carbonyl (C=O) groups is 2. The van der Waals surface area contributed by atoms with E-state index in [2.05, 4.69) is 9.47 Å². The first-order chi connectivity index (χ1) is 17.7. The van der Waals surface area contributed by atoms with Crippen molar-refractivity contribution in [1.29, 1.82) is 0 Å². The molecule has 4 aliphatic rings. The van der Waals surface area contributed by atoms with Crippen LogP contribution in [0, 0.1) is 80.8 Å². The van der Waals surface area contributed by atoms with E-state index >= 15 is 0 Å². The highest BCUT2D eigenvalue weighted by Crippen LogP contribution is 2.66. The van der Waals surface area contributed by atoms with Crippen molar-refractivity contribution >= 4 is 11.9 Å². The summed E-state index contributed by atoms with van der Waals surface area (Å²) in [5, 5.41) is 0. The smallest absolute Gasteiger partial charge is 0.317 e. The number of rotatable bonds is 4. The summed E-state index contributed by atoms with van der Waals surface area (Å²) in [5.74, 6) is -31.2. The van der Waals surface area contributed by atoms with E-state index in [9.17, 15) is 53.5 Å². The Morgan fingerprint density at radius 2 is 0.763 bits per heavy atom. The normalized spacial score (nSPS) is 27.5. The third kappa shape index (κ3) is 3.66. The molecule has 38 heavy (non-hydrogen) atoms. The second-order valence-corrected chi connectivity index (χ2v) is 10.1. The molecule has 0 N–H and O–H groups in total. The summed E-state index contributed by atoms with van der Waals surface area (Å²) in [5.41, 5.74) is -3.36. The maximum atomic E-state index is 14.1. The number of carbonyl (C=O) groups excluding carboxylic acids is 2. The second-order valence-electron chi connectivity index (χ2n) is 10.1. The molecule has 0 aromatic heterocycles. The zero-order valence-corrected chi connectivity index (χ0v) is 18.8. The number of benzene rings is 2. The van der Waals surface area contributed by atoms with Crippen molar-refractivity contribution < 1.29 is 63.0 Å². The van der Waals surface area contributed by atoms with Gasteiger partial charge in [-0.2, -0.15) is 17.6 Å². The molecule has 6 rings (SSSR count). The maximum absolute atomic E-state index is 14.1. The molecule has 4 nitrogen and oxygen atoms in total. The molecule has 0 spiro atoms. The first-order valence-electron chi connectivity index (χ1n) is 11.2. The SMILES string of the molecule is O=C(Oc1c(F)c(F)c(F)c(F)c1F)C12CC3CC(C1)CC(C(=O)Oc1c(F)c(F)c(F)c(F)c1F)(C3)C2. The van der Waals surface area contributed by atoms with Gasteiger partial charge in [-0.3, -0.25) is 9.59 Å². The Hall–Kier alpha value is -3.32. The van der Waals surface area contributed by atoms with Gasteiger partial charge < -0.3 is 9.47 Å². The van der Waals surface area contributed by atoms with Crippen LogP contribution in [0.25, 0.3) is 0 Å². The van der Waals surface area contributed by atoms with Crippen molar-refractivity contribution in [3.8, 4) is 11.5 Å². The van der Waals surface area contributed by atoms with E-state index in [1.807, 2.05) is 0 Å². The molecule has 0 unspecified atom stereocenters. The molecule has 2 aromatic rings. The zero-order chi connectivity index (χ0) is 27.9. The third-order valence-electron chi connectivity index (χ3n) is 7.66. The molecule has 4 saturated carbocycles. The van der Waals surface area contributed by atoms with Crippen molar-refractivity contribution in [3.05, 3.63) is 58.2 Å². The van der Waals surface area contributed by atoms with E-state index in [1.165, 1.54) is 0 Å². The number of halogens is 10. The topological polar surface area (TPSA) is 52.6 Å². The lowest BCUT2D eigenvalue weighted by molar-refractivity contribution is -0.184. The quantitative estimate of drug-likeness (QED) is 0.149. The van der Waals surface area contributed by atoms with Gasteiger partial charge in [0.05, 0.1) is 10.8 Å². The van der Waals surface area contributed by atoms with E-state index in [0.29, 0.717) is 6.42 Å². The van der Waals surface area contributed by atoms with Crippen LogP contribution in [-0.4, -0.2) is 11.9 Å². The van der Waals surface area contributed by atoms with Crippen molar-refractivity contribution in [2.45, 2.75) is 38.5 Å². The number of esters is 2. The molecule has 14 heteroatoms. The Bertz CT molecular complexity index is 1230. The average molecular weight is 556 g/mol. The fraction of sp³-hybridized carbons (Fsp3) is 0.417. The molecule has 0 amide bonds. The van der Waals surface area contributed by atoms with Crippen LogP contribution in [0.2, 0.25) is 0 Å². The van der Waals surface area contributed by atoms with Gasteiger partial charge in [0.25, 0.3) is 0 Å². The Kier molecular flexibility index (Phi) is 5.95.